The minimum Gasteiger partial charge on any atom is -0.498 e. The highest BCUT2D eigenvalue weighted by Gasteiger charge is 2.72. The Hall–Kier alpha value is -3.29. The molecule has 1 aromatic carbocycles. The lowest BCUT2D eigenvalue weighted by atomic mass is 9.67. The van der Waals surface area contributed by atoms with Gasteiger partial charge in [-0.15, -0.1) is 0 Å². The maximum absolute atomic E-state index is 12.3. The first-order chi connectivity index (χ1) is 14.0. The van der Waals surface area contributed by atoms with Gasteiger partial charge < -0.3 is 14.8 Å². The molecule has 0 bridgehead atoms. The number of rotatable bonds is 1. The number of aromatic nitrogens is 1. The summed E-state index contributed by atoms with van der Waals surface area (Å²) in [7, 11) is 0. The third-order valence-corrected chi connectivity index (χ3v) is 6.98. The van der Waals surface area contributed by atoms with Crippen LogP contribution in [0, 0.1) is 19.1 Å². The number of hydrogen-bond acceptors (Lipinski definition) is 3. The van der Waals surface area contributed by atoms with Crippen molar-refractivity contribution < 1.29 is 14.6 Å². The number of aliphatic carboxylic acids is 1. The first kappa shape index (κ1) is 17.8. The third kappa shape index (κ3) is 2.17. The van der Waals surface area contributed by atoms with Crippen molar-refractivity contribution in [2.24, 2.45) is 5.92 Å². The van der Waals surface area contributed by atoms with Crippen LogP contribution in [0.3, 0.4) is 0 Å². The number of carboxylic acids is 1. The molecule has 0 saturated carbocycles. The van der Waals surface area contributed by atoms with E-state index in [2.05, 4.69) is 14.7 Å². The van der Waals surface area contributed by atoms with Crippen molar-refractivity contribution >= 4 is 16.9 Å². The summed E-state index contributed by atoms with van der Waals surface area (Å²) in [6.07, 6.45) is 4.03. The fourth-order valence-corrected chi connectivity index (χ4v) is 5.53. The lowest BCUT2D eigenvalue weighted by Crippen LogP contribution is -2.67. The third-order valence-electron chi connectivity index (χ3n) is 6.98. The van der Waals surface area contributed by atoms with Crippen LogP contribution in [0.15, 0.2) is 36.6 Å². The van der Waals surface area contributed by atoms with E-state index >= 15 is 0 Å². The molecule has 4 heterocycles. The lowest BCUT2D eigenvalue weighted by molar-refractivity contribution is -0.151. The monoisotopic (exact) mass is 390 g/mol. The Morgan fingerprint density at radius 2 is 2.14 bits per heavy atom. The first-order valence-corrected chi connectivity index (χ1v) is 9.73. The number of carboxylic acid groups (broad SMARTS) is 1. The second-order valence-corrected chi connectivity index (χ2v) is 8.23. The largest absolute Gasteiger partial charge is 0.498 e. The molecular weight excluding hydrogens is 368 g/mol. The summed E-state index contributed by atoms with van der Waals surface area (Å²) in [6.45, 7) is 14.3. The summed E-state index contributed by atoms with van der Waals surface area (Å²) in [5.41, 5.74) is 0.881. The number of H-pyrrole nitrogens is 1. The Labute approximate surface area is 168 Å². The molecule has 2 N–H and O–H groups in total. The predicted octanol–water partition coefficient (Wildman–Crippen LogP) is 3.25. The molecule has 7 heteroatoms. The molecule has 146 valence electrons. The van der Waals surface area contributed by atoms with Crippen molar-refractivity contribution in [2.75, 3.05) is 6.54 Å². The van der Waals surface area contributed by atoms with E-state index in [1.165, 1.54) is 0 Å². The van der Waals surface area contributed by atoms with Crippen molar-refractivity contribution in [1.29, 1.82) is 0 Å². The zero-order valence-electron chi connectivity index (χ0n) is 16.1. The van der Waals surface area contributed by atoms with Crippen LogP contribution in [0.1, 0.15) is 24.6 Å². The highest BCUT2D eigenvalue weighted by molar-refractivity contribution is 5.87. The Kier molecular flexibility index (Phi) is 3.59. The Balaban J connectivity index is 1.79. The van der Waals surface area contributed by atoms with Crippen molar-refractivity contribution in [2.45, 2.75) is 43.1 Å². The van der Waals surface area contributed by atoms with Crippen LogP contribution in [-0.2, 0) is 21.6 Å². The highest BCUT2D eigenvalue weighted by atomic mass is 16.5. The molecule has 29 heavy (non-hydrogen) atoms. The maximum Gasteiger partial charge on any atom is 0.386 e. The molecule has 3 aliphatic rings. The predicted molar refractivity (Wildman–Crippen MR) is 109 cm³/mol. The molecule has 1 fully saturated rings. The molecule has 0 spiro atoms. The molecule has 0 aliphatic carbocycles. The Morgan fingerprint density at radius 1 is 1.34 bits per heavy atom. The molecular formula is C22H22N4O3+2. The number of nitrogens with one attached hydrogen (secondary N) is 1. The molecule has 1 aromatic heterocycles. The summed E-state index contributed by atoms with van der Waals surface area (Å²) in [4.78, 5) is 26.2. The van der Waals surface area contributed by atoms with E-state index in [0.717, 1.165) is 22.2 Å². The van der Waals surface area contributed by atoms with Gasteiger partial charge in [0.25, 0.3) is 13.1 Å². The molecule has 0 unspecified atom stereocenters. The second kappa shape index (κ2) is 5.85. The van der Waals surface area contributed by atoms with E-state index in [9.17, 15) is 9.90 Å². The van der Waals surface area contributed by atoms with E-state index in [1.807, 2.05) is 42.2 Å². The first-order valence-electron chi connectivity index (χ1n) is 9.73. The zero-order chi connectivity index (χ0) is 20.4. The van der Waals surface area contributed by atoms with Gasteiger partial charge in [0.2, 0.25) is 0 Å². The van der Waals surface area contributed by atoms with Crippen molar-refractivity contribution in [3.8, 4) is 13.1 Å². The van der Waals surface area contributed by atoms with Gasteiger partial charge in [-0.1, -0.05) is 27.9 Å². The van der Waals surface area contributed by atoms with Crippen molar-refractivity contribution in [3.63, 3.8) is 0 Å². The summed E-state index contributed by atoms with van der Waals surface area (Å²) in [5.74, 6) is -1.01. The van der Waals surface area contributed by atoms with Crippen LogP contribution in [0.2, 0.25) is 0 Å². The Bertz CT molecular complexity index is 1140. The van der Waals surface area contributed by atoms with E-state index in [4.69, 9.17) is 17.9 Å². The minimum absolute atomic E-state index is 0.111. The van der Waals surface area contributed by atoms with Gasteiger partial charge in [0.1, 0.15) is 24.3 Å². The number of nitrogens with zero attached hydrogens (tertiary/aromatic N) is 3. The fraction of sp³-hybridized carbons (Fsp3) is 0.409. The molecule has 5 rings (SSSR count). The van der Waals surface area contributed by atoms with Crippen LogP contribution < -0.4 is 0 Å². The van der Waals surface area contributed by atoms with Gasteiger partial charge >= 0.3 is 17.2 Å². The van der Waals surface area contributed by atoms with Crippen LogP contribution in [0.4, 0.5) is 0 Å². The normalized spacial score (nSPS) is 35.5. The molecule has 7 nitrogen and oxygen atoms in total. The number of para-hydroxylation sites is 1. The molecule has 3 aliphatic heterocycles. The van der Waals surface area contributed by atoms with Crippen LogP contribution in [-0.4, -0.2) is 45.2 Å². The number of carbonyl (C=O) groups is 1. The van der Waals surface area contributed by atoms with Gasteiger partial charge in [0.05, 0.1) is 12.2 Å². The van der Waals surface area contributed by atoms with E-state index in [1.54, 1.807) is 6.26 Å². The fourth-order valence-electron chi connectivity index (χ4n) is 5.53. The molecule has 2 aromatic rings. The minimum atomic E-state index is -1.07. The summed E-state index contributed by atoms with van der Waals surface area (Å²) < 4.78 is 5.69. The average molecular weight is 390 g/mol. The number of hydrogen-bond donors (Lipinski definition) is 2. The molecule has 1 saturated heterocycles. The van der Waals surface area contributed by atoms with E-state index in [0.29, 0.717) is 19.4 Å². The topological polar surface area (TPSA) is 74.3 Å². The summed E-state index contributed by atoms with van der Waals surface area (Å²) >= 11 is 0. The van der Waals surface area contributed by atoms with Crippen LogP contribution in [0.5, 0.6) is 0 Å². The van der Waals surface area contributed by atoms with Gasteiger partial charge in [0.15, 0.2) is 0 Å². The van der Waals surface area contributed by atoms with Gasteiger partial charge in [0, 0.05) is 29.9 Å². The number of ether oxygens (including phenoxy) is 1. The summed E-state index contributed by atoms with van der Waals surface area (Å²) in [5, 5.41) is 11.1. The Morgan fingerprint density at radius 3 is 2.86 bits per heavy atom. The van der Waals surface area contributed by atoms with Crippen LogP contribution >= 0.6 is 0 Å². The highest BCUT2D eigenvalue weighted by Crippen LogP contribution is 2.54. The maximum atomic E-state index is 12.3. The van der Waals surface area contributed by atoms with Crippen molar-refractivity contribution in [3.05, 3.63) is 57.6 Å². The molecule has 0 amide bonds. The van der Waals surface area contributed by atoms with Gasteiger partial charge in [-0.25, -0.2) is 4.90 Å². The lowest BCUT2D eigenvalue weighted by Gasteiger charge is -2.48. The number of benzene rings is 1. The average Bonchev–Trinajstić information content (AvgIpc) is 3.11. The van der Waals surface area contributed by atoms with Gasteiger partial charge in [-0.2, -0.15) is 0 Å². The molecule has 5 atom stereocenters. The number of aromatic amines is 1. The quantitative estimate of drug-likeness (QED) is 0.784. The molecule has 0 radical (unpaired) electrons. The van der Waals surface area contributed by atoms with Crippen LogP contribution in [0.25, 0.3) is 20.6 Å². The number of piperidine rings is 1. The van der Waals surface area contributed by atoms with Gasteiger partial charge in [-0.05, 0) is 18.6 Å². The number of fused-ring (bicyclic) bond motifs is 6. The van der Waals surface area contributed by atoms with E-state index in [-0.39, 0.29) is 12.0 Å². The summed E-state index contributed by atoms with van der Waals surface area (Å²) in [6, 6.07) is 7.10. The smallest absolute Gasteiger partial charge is 0.386 e. The van der Waals surface area contributed by atoms with Crippen molar-refractivity contribution in [1.82, 2.24) is 9.88 Å². The zero-order valence-corrected chi connectivity index (χ0v) is 16.1. The second-order valence-electron chi connectivity index (χ2n) is 8.23. The SMILES string of the molecule is C#[N+][C@@]12C=CO[C@@H](C)[C@@H]1CN1[C@H](C(=O)O)Cc3c([nH]c4ccccc34)[C@]1([N+]#C)C2. The van der Waals surface area contributed by atoms with Gasteiger partial charge in [-0.3, -0.25) is 4.79 Å². The van der Waals surface area contributed by atoms with E-state index < -0.39 is 23.2 Å². The standard InChI is InChI=1S/C22H21N4O3/c1-13-16-11-26-18(20(27)28)10-15-14-6-4-5-7-17(14)25-19(15)22(26,24-3)12-21(16,23-2)8-9-29-13/h2-9,13,16,18,25H,10-12H2,1H3/q+1/p+1/t13-,16-,18-,21+,22-/m0/s1.